The number of nitrogens with zero attached hydrogens (tertiary/aromatic N) is 1. The third-order valence-corrected chi connectivity index (χ3v) is 2.79. The fraction of sp³-hybridized carbons (Fsp3) is 0.625. The van der Waals surface area contributed by atoms with Crippen LogP contribution >= 0.6 is 0 Å². The van der Waals surface area contributed by atoms with Gasteiger partial charge in [0.15, 0.2) is 5.78 Å². The number of aliphatic carboxylic acids is 1. The van der Waals surface area contributed by atoms with Gasteiger partial charge in [0, 0.05) is 12.8 Å². The number of amides is 1. The summed E-state index contributed by atoms with van der Waals surface area (Å²) in [6.45, 7) is -0.0227. The number of carboxylic acids is 1. The maximum Gasteiger partial charge on any atom is 0.330 e. The Morgan fingerprint density at radius 1 is 1.46 bits per heavy atom. The summed E-state index contributed by atoms with van der Waals surface area (Å²) in [4.78, 5) is 34.4. The molecule has 0 radical (unpaired) electrons. The van der Waals surface area contributed by atoms with Crippen molar-refractivity contribution in [1.82, 2.24) is 4.90 Å². The van der Waals surface area contributed by atoms with Crippen molar-refractivity contribution in [3.8, 4) is 0 Å². The zero-order valence-electron chi connectivity index (χ0n) is 6.95. The molecule has 0 aromatic heterocycles. The lowest BCUT2D eigenvalue weighted by Gasteiger charge is -2.25. The molecule has 1 N–H and O–H groups in total. The fourth-order valence-electron chi connectivity index (χ4n) is 2.10. The SMILES string of the molecule is O=C1CN2C(=O)CCC2(C(=O)O)C1. The highest BCUT2D eigenvalue weighted by Gasteiger charge is 2.56. The second-order valence-corrected chi connectivity index (χ2v) is 3.53. The molecule has 2 heterocycles. The van der Waals surface area contributed by atoms with E-state index in [0.717, 1.165) is 0 Å². The minimum Gasteiger partial charge on any atom is -0.479 e. The molecule has 0 bridgehead atoms. The Balaban J connectivity index is 2.40. The molecule has 2 aliphatic heterocycles. The van der Waals surface area contributed by atoms with Gasteiger partial charge in [0.05, 0.1) is 6.54 Å². The molecule has 5 heteroatoms. The molecule has 70 valence electrons. The van der Waals surface area contributed by atoms with Gasteiger partial charge in [0.1, 0.15) is 5.54 Å². The normalized spacial score (nSPS) is 32.5. The molecular formula is C8H9NO4. The quantitative estimate of drug-likeness (QED) is 0.589. The van der Waals surface area contributed by atoms with Crippen LogP contribution in [0.25, 0.3) is 0 Å². The zero-order chi connectivity index (χ0) is 9.64. The van der Waals surface area contributed by atoms with Gasteiger partial charge in [0.2, 0.25) is 5.91 Å². The summed E-state index contributed by atoms with van der Waals surface area (Å²) in [7, 11) is 0. The summed E-state index contributed by atoms with van der Waals surface area (Å²) in [5, 5.41) is 8.96. The monoisotopic (exact) mass is 183 g/mol. The molecule has 2 saturated heterocycles. The topological polar surface area (TPSA) is 74.7 Å². The van der Waals surface area contributed by atoms with Gasteiger partial charge in [-0.1, -0.05) is 0 Å². The molecule has 0 aliphatic carbocycles. The Morgan fingerprint density at radius 3 is 2.69 bits per heavy atom. The number of Topliss-reactive ketones (excluding diaryl/α,β-unsaturated/α-hetero) is 1. The van der Waals surface area contributed by atoms with Crippen molar-refractivity contribution in [1.29, 1.82) is 0 Å². The molecule has 2 aliphatic rings. The first kappa shape index (κ1) is 8.22. The van der Waals surface area contributed by atoms with Gasteiger partial charge in [-0.2, -0.15) is 0 Å². The molecule has 2 rings (SSSR count). The molecule has 2 fully saturated rings. The smallest absolute Gasteiger partial charge is 0.330 e. The summed E-state index contributed by atoms with van der Waals surface area (Å²) in [6, 6.07) is 0. The predicted molar refractivity (Wildman–Crippen MR) is 40.9 cm³/mol. The Bertz CT molecular complexity index is 311. The van der Waals surface area contributed by atoms with E-state index in [1.54, 1.807) is 0 Å². The van der Waals surface area contributed by atoms with Crippen molar-refractivity contribution in [2.75, 3.05) is 6.54 Å². The van der Waals surface area contributed by atoms with Crippen LogP contribution < -0.4 is 0 Å². The van der Waals surface area contributed by atoms with Crippen molar-refractivity contribution in [2.45, 2.75) is 24.8 Å². The van der Waals surface area contributed by atoms with E-state index in [0.29, 0.717) is 0 Å². The van der Waals surface area contributed by atoms with Crippen molar-refractivity contribution in [3.05, 3.63) is 0 Å². The van der Waals surface area contributed by atoms with E-state index >= 15 is 0 Å². The van der Waals surface area contributed by atoms with Gasteiger partial charge in [-0.3, -0.25) is 9.59 Å². The van der Waals surface area contributed by atoms with E-state index in [4.69, 9.17) is 5.11 Å². The first-order chi connectivity index (χ1) is 6.06. The highest BCUT2D eigenvalue weighted by molar-refractivity contribution is 6.01. The molecule has 1 unspecified atom stereocenters. The first-order valence-corrected chi connectivity index (χ1v) is 4.12. The minimum absolute atomic E-state index is 0.0198. The summed E-state index contributed by atoms with van der Waals surface area (Å²) in [6.07, 6.45) is 0.501. The van der Waals surface area contributed by atoms with Gasteiger partial charge in [-0.25, -0.2) is 4.79 Å². The van der Waals surface area contributed by atoms with Crippen molar-refractivity contribution in [3.63, 3.8) is 0 Å². The third-order valence-electron chi connectivity index (χ3n) is 2.79. The summed E-state index contributed by atoms with van der Waals surface area (Å²) in [5.74, 6) is -1.42. The Hall–Kier alpha value is -1.39. The van der Waals surface area contributed by atoms with E-state index in [1.807, 2.05) is 0 Å². The Labute approximate surface area is 74.3 Å². The van der Waals surface area contributed by atoms with Crippen LogP contribution in [-0.4, -0.2) is 39.7 Å². The second-order valence-electron chi connectivity index (χ2n) is 3.53. The largest absolute Gasteiger partial charge is 0.479 e. The van der Waals surface area contributed by atoms with Gasteiger partial charge in [-0.15, -0.1) is 0 Å². The number of hydrogen-bond acceptors (Lipinski definition) is 3. The van der Waals surface area contributed by atoms with Crippen molar-refractivity contribution >= 4 is 17.7 Å². The molecule has 0 aromatic rings. The number of carboxylic acid groups (broad SMARTS) is 1. The van der Waals surface area contributed by atoms with Gasteiger partial charge >= 0.3 is 5.97 Å². The molecule has 0 saturated carbocycles. The van der Waals surface area contributed by atoms with E-state index in [2.05, 4.69) is 0 Å². The molecule has 13 heavy (non-hydrogen) atoms. The maximum atomic E-state index is 11.2. The van der Waals surface area contributed by atoms with E-state index in [1.165, 1.54) is 4.90 Å². The van der Waals surface area contributed by atoms with Crippen LogP contribution in [0, 0.1) is 0 Å². The Morgan fingerprint density at radius 2 is 2.15 bits per heavy atom. The number of rotatable bonds is 1. The second kappa shape index (κ2) is 2.31. The van der Waals surface area contributed by atoms with Crippen LogP contribution in [0.1, 0.15) is 19.3 Å². The zero-order valence-corrected chi connectivity index (χ0v) is 6.95. The van der Waals surface area contributed by atoms with Crippen LogP contribution in [0.5, 0.6) is 0 Å². The highest BCUT2D eigenvalue weighted by atomic mass is 16.4. The van der Waals surface area contributed by atoms with E-state index in [-0.39, 0.29) is 37.5 Å². The van der Waals surface area contributed by atoms with E-state index < -0.39 is 11.5 Å². The summed E-state index contributed by atoms with van der Waals surface area (Å²) in [5.41, 5.74) is -1.20. The molecule has 1 atom stereocenters. The van der Waals surface area contributed by atoms with Crippen LogP contribution in [0.2, 0.25) is 0 Å². The van der Waals surface area contributed by atoms with Crippen LogP contribution in [0.3, 0.4) is 0 Å². The van der Waals surface area contributed by atoms with Crippen molar-refractivity contribution in [2.24, 2.45) is 0 Å². The average Bonchev–Trinajstić information content (AvgIpc) is 2.51. The minimum atomic E-state index is -1.20. The van der Waals surface area contributed by atoms with Crippen LogP contribution in [0.15, 0.2) is 0 Å². The molecule has 0 aromatic carbocycles. The lowest BCUT2D eigenvalue weighted by atomic mass is 9.94. The average molecular weight is 183 g/mol. The summed E-state index contributed by atoms with van der Waals surface area (Å²) < 4.78 is 0. The number of hydrogen-bond donors (Lipinski definition) is 1. The molecule has 1 amide bonds. The van der Waals surface area contributed by atoms with Crippen molar-refractivity contribution < 1.29 is 19.5 Å². The molecule has 0 spiro atoms. The standard InChI is InChI=1S/C8H9NO4/c10-5-3-8(7(12)13)2-1-6(11)9(8)4-5/h1-4H2,(H,12,13). The Kier molecular flexibility index (Phi) is 1.46. The lowest BCUT2D eigenvalue weighted by Crippen LogP contribution is -2.47. The van der Waals surface area contributed by atoms with Crippen LogP contribution in [0.4, 0.5) is 0 Å². The number of fused-ring (bicyclic) bond motifs is 1. The summed E-state index contributed by atoms with van der Waals surface area (Å²) >= 11 is 0. The van der Waals surface area contributed by atoms with Gasteiger partial charge in [0.25, 0.3) is 0 Å². The maximum absolute atomic E-state index is 11.2. The fourth-order valence-corrected chi connectivity index (χ4v) is 2.10. The third kappa shape index (κ3) is 0.897. The van der Waals surface area contributed by atoms with Crippen LogP contribution in [-0.2, 0) is 14.4 Å². The lowest BCUT2D eigenvalue weighted by molar-refractivity contribution is -0.151. The predicted octanol–water partition coefficient (Wildman–Crippen LogP) is -0.595. The van der Waals surface area contributed by atoms with Gasteiger partial charge in [-0.05, 0) is 6.42 Å². The van der Waals surface area contributed by atoms with E-state index in [9.17, 15) is 14.4 Å². The molecule has 5 nitrogen and oxygen atoms in total. The first-order valence-electron chi connectivity index (χ1n) is 4.12. The van der Waals surface area contributed by atoms with Gasteiger partial charge < -0.3 is 10.0 Å². The highest BCUT2D eigenvalue weighted by Crippen LogP contribution is 2.38. The molecular weight excluding hydrogens is 174 g/mol. The number of ketones is 1. The number of carbonyl (C=O) groups excluding carboxylic acids is 2. The number of carbonyl (C=O) groups is 3.